The molecule has 17 heavy (non-hydrogen) atoms. The standard InChI is InChI=1S/C13H16N2OS/c1-9-3-4-11(10(2)14)12(7-9)16-8-13-15-5-6-17-13/h3-7,10H,8,14H2,1-2H3/t10-/m1/s1. The maximum absolute atomic E-state index is 5.92. The highest BCUT2D eigenvalue weighted by Gasteiger charge is 2.09. The molecule has 2 N–H and O–H groups in total. The summed E-state index contributed by atoms with van der Waals surface area (Å²) in [5.74, 6) is 0.857. The van der Waals surface area contributed by atoms with Crippen LogP contribution in [0.25, 0.3) is 0 Å². The fraction of sp³-hybridized carbons (Fsp3) is 0.308. The summed E-state index contributed by atoms with van der Waals surface area (Å²) < 4.78 is 5.79. The first-order valence-electron chi connectivity index (χ1n) is 5.54. The van der Waals surface area contributed by atoms with Crippen LogP contribution in [0.5, 0.6) is 5.75 Å². The van der Waals surface area contributed by atoms with E-state index in [0.717, 1.165) is 16.3 Å². The van der Waals surface area contributed by atoms with Gasteiger partial charge in [-0.05, 0) is 25.5 Å². The predicted molar refractivity (Wildman–Crippen MR) is 70.2 cm³/mol. The molecule has 0 bridgehead atoms. The lowest BCUT2D eigenvalue weighted by atomic mass is 10.1. The summed E-state index contributed by atoms with van der Waals surface area (Å²) in [4.78, 5) is 4.19. The largest absolute Gasteiger partial charge is 0.486 e. The molecule has 1 aromatic heterocycles. The average Bonchev–Trinajstić information content (AvgIpc) is 2.78. The van der Waals surface area contributed by atoms with Gasteiger partial charge in [0.2, 0.25) is 0 Å². The van der Waals surface area contributed by atoms with E-state index in [1.54, 1.807) is 17.5 Å². The van der Waals surface area contributed by atoms with E-state index in [-0.39, 0.29) is 6.04 Å². The second kappa shape index (κ2) is 5.29. The molecule has 4 heteroatoms. The van der Waals surface area contributed by atoms with Crippen molar-refractivity contribution in [3.63, 3.8) is 0 Å². The van der Waals surface area contributed by atoms with Gasteiger partial charge in [0.25, 0.3) is 0 Å². The minimum Gasteiger partial charge on any atom is -0.486 e. The SMILES string of the molecule is Cc1ccc([C@@H](C)N)c(OCc2nccs2)c1. The van der Waals surface area contributed by atoms with Crippen molar-refractivity contribution in [3.8, 4) is 5.75 Å². The molecule has 0 radical (unpaired) electrons. The highest BCUT2D eigenvalue weighted by molar-refractivity contribution is 7.09. The van der Waals surface area contributed by atoms with E-state index in [2.05, 4.69) is 11.1 Å². The fourth-order valence-electron chi connectivity index (χ4n) is 1.61. The first-order chi connectivity index (χ1) is 8.16. The van der Waals surface area contributed by atoms with Gasteiger partial charge in [0.15, 0.2) is 0 Å². The third-order valence-electron chi connectivity index (χ3n) is 2.49. The Balaban J connectivity index is 2.16. The van der Waals surface area contributed by atoms with E-state index in [1.165, 1.54) is 5.56 Å². The van der Waals surface area contributed by atoms with Gasteiger partial charge in [-0.15, -0.1) is 11.3 Å². The lowest BCUT2D eigenvalue weighted by Crippen LogP contribution is -2.08. The number of thiazole rings is 1. The van der Waals surface area contributed by atoms with Crippen molar-refractivity contribution in [1.29, 1.82) is 0 Å². The van der Waals surface area contributed by atoms with Crippen LogP contribution < -0.4 is 10.5 Å². The zero-order chi connectivity index (χ0) is 12.3. The van der Waals surface area contributed by atoms with Crippen molar-refractivity contribution < 1.29 is 4.74 Å². The van der Waals surface area contributed by atoms with Gasteiger partial charge in [-0.3, -0.25) is 0 Å². The van der Waals surface area contributed by atoms with Gasteiger partial charge in [-0.1, -0.05) is 12.1 Å². The van der Waals surface area contributed by atoms with E-state index >= 15 is 0 Å². The maximum Gasteiger partial charge on any atom is 0.140 e. The molecule has 0 saturated heterocycles. The van der Waals surface area contributed by atoms with Crippen LogP contribution >= 0.6 is 11.3 Å². The number of hydrogen-bond acceptors (Lipinski definition) is 4. The number of aryl methyl sites for hydroxylation is 1. The van der Waals surface area contributed by atoms with Crippen LogP contribution in [-0.2, 0) is 6.61 Å². The second-order valence-corrected chi connectivity index (χ2v) is 5.02. The second-order valence-electron chi connectivity index (χ2n) is 4.04. The topological polar surface area (TPSA) is 48.1 Å². The first-order valence-corrected chi connectivity index (χ1v) is 6.42. The normalized spacial score (nSPS) is 12.4. The monoisotopic (exact) mass is 248 g/mol. The molecule has 0 aliphatic heterocycles. The van der Waals surface area contributed by atoms with Gasteiger partial charge in [-0.2, -0.15) is 0 Å². The van der Waals surface area contributed by atoms with Gasteiger partial charge in [0.05, 0.1) is 0 Å². The molecule has 1 heterocycles. The molecule has 90 valence electrons. The van der Waals surface area contributed by atoms with Crippen molar-refractivity contribution in [1.82, 2.24) is 4.98 Å². The Morgan fingerprint density at radius 1 is 1.47 bits per heavy atom. The van der Waals surface area contributed by atoms with Gasteiger partial charge in [0.1, 0.15) is 17.4 Å². The predicted octanol–water partition coefficient (Wildman–Crippen LogP) is 3.05. The van der Waals surface area contributed by atoms with Crippen LogP contribution in [0.15, 0.2) is 29.8 Å². The molecule has 0 amide bonds. The van der Waals surface area contributed by atoms with Crippen LogP contribution in [0.4, 0.5) is 0 Å². The summed E-state index contributed by atoms with van der Waals surface area (Å²) in [6, 6.07) is 6.07. The Hall–Kier alpha value is -1.39. The third-order valence-corrected chi connectivity index (χ3v) is 3.25. The molecule has 2 rings (SSSR count). The van der Waals surface area contributed by atoms with Gasteiger partial charge in [0, 0.05) is 23.2 Å². The number of nitrogens with two attached hydrogens (primary N) is 1. The number of hydrogen-bond donors (Lipinski definition) is 1. The van der Waals surface area contributed by atoms with E-state index < -0.39 is 0 Å². The number of aromatic nitrogens is 1. The fourth-order valence-corrected chi connectivity index (χ4v) is 2.13. The van der Waals surface area contributed by atoms with Crippen LogP contribution in [-0.4, -0.2) is 4.98 Å². The molecule has 1 aromatic carbocycles. The molecule has 0 spiro atoms. The molecule has 3 nitrogen and oxygen atoms in total. The Morgan fingerprint density at radius 3 is 2.94 bits per heavy atom. The zero-order valence-electron chi connectivity index (χ0n) is 10.0. The molecular weight excluding hydrogens is 232 g/mol. The van der Waals surface area contributed by atoms with E-state index in [9.17, 15) is 0 Å². The minimum absolute atomic E-state index is 0.0260. The lowest BCUT2D eigenvalue weighted by molar-refractivity contribution is 0.300. The van der Waals surface area contributed by atoms with Crippen molar-refractivity contribution in [2.45, 2.75) is 26.5 Å². The maximum atomic E-state index is 5.92. The highest BCUT2D eigenvalue weighted by atomic mass is 32.1. The van der Waals surface area contributed by atoms with Crippen molar-refractivity contribution >= 4 is 11.3 Å². The third kappa shape index (κ3) is 3.05. The Kier molecular flexibility index (Phi) is 3.76. The highest BCUT2D eigenvalue weighted by Crippen LogP contribution is 2.26. The summed E-state index contributed by atoms with van der Waals surface area (Å²) in [5.41, 5.74) is 8.12. The van der Waals surface area contributed by atoms with Crippen molar-refractivity contribution in [2.24, 2.45) is 5.73 Å². The summed E-state index contributed by atoms with van der Waals surface area (Å²) in [6.07, 6.45) is 1.78. The molecule has 0 aliphatic rings. The number of rotatable bonds is 4. The zero-order valence-corrected chi connectivity index (χ0v) is 10.8. The summed E-state index contributed by atoms with van der Waals surface area (Å²) in [5, 5.41) is 2.92. The average molecular weight is 248 g/mol. The van der Waals surface area contributed by atoms with Crippen LogP contribution in [0.3, 0.4) is 0 Å². The van der Waals surface area contributed by atoms with Gasteiger partial charge < -0.3 is 10.5 Å². The number of nitrogens with zero attached hydrogens (tertiary/aromatic N) is 1. The van der Waals surface area contributed by atoms with Gasteiger partial charge >= 0.3 is 0 Å². The Bertz CT molecular complexity index is 480. The van der Waals surface area contributed by atoms with Crippen LogP contribution in [0.2, 0.25) is 0 Å². The molecule has 0 unspecified atom stereocenters. The Labute approximate surface area is 105 Å². The minimum atomic E-state index is -0.0260. The lowest BCUT2D eigenvalue weighted by Gasteiger charge is -2.14. The molecule has 0 aliphatic carbocycles. The van der Waals surface area contributed by atoms with Crippen molar-refractivity contribution in [3.05, 3.63) is 45.9 Å². The molecule has 0 saturated carbocycles. The molecule has 0 fully saturated rings. The van der Waals surface area contributed by atoms with E-state index in [1.807, 2.05) is 31.4 Å². The summed E-state index contributed by atoms with van der Waals surface area (Å²) in [7, 11) is 0. The number of benzene rings is 1. The Morgan fingerprint density at radius 2 is 2.29 bits per heavy atom. The molecular formula is C13H16N2OS. The summed E-state index contributed by atoms with van der Waals surface area (Å²) in [6.45, 7) is 4.50. The van der Waals surface area contributed by atoms with E-state index in [0.29, 0.717) is 6.61 Å². The first kappa shape index (κ1) is 12.1. The van der Waals surface area contributed by atoms with Crippen LogP contribution in [0.1, 0.15) is 29.1 Å². The van der Waals surface area contributed by atoms with Crippen molar-refractivity contribution in [2.75, 3.05) is 0 Å². The summed E-state index contributed by atoms with van der Waals surface area (Å²) >= 11 is 1.59. The van der Waals surface area contributed by atoms with Crippen LogP contribution in [0, 0.1) is 6.92 Å². The molecule has 1 atom stereocenters. The molecule has 2 aromatic rings. The number of ether oxygens (including phenoxy) is 1. The van der Waals surface area contributed by atoms with Gasteiger partial charge in [-0.25, -0.2) is 4.98 Å². The van der Waals surface area contributed by atoms with E-state index in [4.69, 9.17) is 10.5 Å². The quantitative estimate of drug-likeness (QED) is 0.904. The smallest absolute Gasteiger partial charge is 0.140 e.